The molecule has 2 fully saturated rings. The highest BCUT2D eigenvalue weighted by Crippen LogP contribution is 2.29. The van der Waals surface area contributed by atoms with E-state index in [1.54, 1.807) is 12.4 Å². The van der Waals surface area contributed by atoms with Crippen LogP contribution in [0.1, 0.15) is 17.2 Å². The fourth-order valence-electron chi connectivity index (χ4n) is 3.82. The molecular weight excluding hydrogens is 314 g/mol. The largest absolute Gasteiger partial charge is 0.378 e. The summed E-state index contributed by atoms with van der Waals surface area (Å²) in [5, 5.41) is 0. The molecule has 130 valence electrons. The lowest BCUT2D eigenvalue weighted by Gasteiger charge is -2.48. The van der Waals surface area contributed by atoms with E-state index in [4.69, 9.17) is 4.74 Å². The summed E-state index contributed by atoms with van der Waals surface area (Å²) in [6.45, 7) is 3.83. The van der Waals surface area contributed by atoms with Gasteiger partial charge in [-0.15, -0.1) is 0 Å². The van der Waals surface area contributed by atoms with Gasteiger partial charge in [0, 0.05) is 32.0 Å². The highest BCUT2D eigenvalue weighted by molar-refractivity contribution is 5.78. The number of rotatable bonds is 3. The van der Waals surface area contributed by atoms with Crippen molar-refractivity contribution in [2.75, 3.05) is 32.8 Å². The van der Waals surface area contributed by atoms with Crippen molar-refractivity contribution in [1.82, 2.24) is 14.8 Å². The van der Waals surface area contributed by atoms with Crippen molar-refractivity contribution in [2.24, 2.45) is 0 Å². The van der Waals surface area contributed by atoms with E-state index in [0.29, 0.717) is 13.0 Å². The standard InChI is InChI=1S/C20H23N3O2/c24-20(11-16-5-4-8-21-12-16)22-9-10-23-18(13-22)14-25-15-19(23)17-6-2-1-3-7-17/h1-8,12,18-19H,9-11,13-15H2/t18-,19-/m1/s1. The van der Waals surface area contributed by atoms with Crippen LogP contribution in [0, 0.1) is 0 Å². The average Bonchev–Trinajstić information content (AvgIpc) is 2.68. The van der Waals surface area contributed by atoms with Crippen molar-refractivity contribution in [2.45, 2.75) is 18.5 Å². The van der Waals surface area contributed by atoms with Crippen molar-refractivity contribution in [1.29, 1.82) is 0 Å². The van der Waals surface area contributed by atoms with Crippen LogP contribution in [0.3, 0.4) is 0 Å². The van der Waals surface area contributed by atoms with E-state index in [9.17, 15) is 4.79 Å². The SMILES string of the molecule is O=C(Cc1cccnc1)N1CCN2[C@@H](COC[C@@H]2c2ccccc2)C1. The van der Waals surface area contributed by atoms with Gasteiger partial charge in [-0.2, -0.15) is 0 Å². The summed E-state index contributed by atoms with van der Waals surface area (Å²) >= 11 is 0. The van der Waals surface area contributed by atoms with Crippen LogP contribution in [-0.4, -0.2) is 59.6 Å². The molecule has 0 unspecified atom stereocenters. The Labute approximate surface area is 148 Å². The van der Waals surface area contributed by atoms with Crippen molar-refractivity contribution in [3.63, 3.8) is 0 Å². The molecule has 0 bridgehead atoms. The number of hydrogen-bond acceptors (Lipinski definition) is 4. The first-order chi connectivity index (χ1) is 12.3. The molecule has 2 aliphatic heterocycles. The summed E-state index contributed by atoms with van der Waals surface area (Å²) in [4.78, 5) is 21.2. The molecule has 25 heavy (non-hydrogen) atoms. The molecule has 0 spiro atoms. The molecule has 0 saturated carbocycles. The monoisotopic (exact) mass is 337 g/mol. The Morgan fingerprint density at radius 1 is 1.12 bits per heavy atom. The van der Waals surface area contributed by atoms with Gasteiger partial charge in [0.1, 0.15) is 0 Å². The molecule has 4 rings (SSSR count). The summed E-state index contributed by atoms with van der Waals surface area (Å²) in [5.74, 6) is 0.175. The zero-order valence-electron chi connectivity index (χ0n) is 14.3. The number of piperazine rings is 1. The van der Waals surface area contributed by atoms with Crippen molar-refractivity contribution in [3.05, 3.63) is 66.0 Å². The topological polar surface area (TPSA) is 45.7 Å². The maximum atomic E-state index is 12.6. The minimum Gasteiger partial charge on any atom is -0.378 e. The Morgan fingerprint density at radius 3 is 2.80 bits per heavy atom. The van der Waals surface area contributed by atoms with Crippen LogP contribution >= 0.6 is 0 Å². The molecule has 0 aliphatic carbocycles. The number of pyridine rings is 1. The number of hydrogen-bond donors (Lipinski definition) is 0. The van der Waals surface area contributed by atoms with Gasteiger partial charge in [0.15, 0.2) is 0 Å². The first-order valence-electron chi connectivity index (χ1n) is 8.86. The Balaban J connectivity index is 1.42. The van der Waals surface area contributed by atoms with E-state index in [1.165, 1.54) is 5.56 Å². The third kappa shape index (κ3) is 3.57. The number of carbonyl (C=O) groups excluding carboxylic acids is 1. The summed E-state index contributed by atoms with van der Waals surface area (Å²) < 4.78 is 5.86. The number of amides is 1. The fraction of sp³-hybridized carbons (Fsp3) is 0.400. The first-order valence-corrected chi connectivity index (χ1v) is 8.86. The van der Waals surface area contributed by atoms with Gasteiger partial charge in [0.25, 0.3) is 0 Å². The van der Waals surface area contributed by atoms with E-state index in [1.807, 2.05) is 23.1 Å². The highest BCUT2D eigenvalue weighted by Gasteiger charge is 2.37. The third-order valence-electron chi connectivity index (χ3n) is 5.13. The van der Waals surface area contributed by atoms with E-state index in [2.05, 4.69) is 34.1 Å². The Hall–Kier alpha value is -2.24. The Morgan fingerprint density at radius 2 is 2.00 bits per heavy atom. The second-order valence-corrected chi connectivity index (χ2v) is 6.73. The van der Waals surface area contributed by atoms with Crippen LogP contribution in [0.2, 0.25) is 0 Å². The summed E-state index contributed by atoms with van der Waals surface area (Å²) in [5.41, 5.74) is 2.26. The smallest absolute Gasteiger partial charge is 0.227 e. The van der Waals surface area contributed by atoms with Crippen LogP contribution in [0.5, 0.6) is 0 Å². The summed E-state index contributed by atoms with van der Waals surface area (Å²) in [6, 6.07) is 14.9. The molecule has 1 aromatic carbocycles. The maximum absolute atomic E-state index is 12.6. The Kier molecular flexibility index (Phi) is 4.76. The number of nitrogens with zero attached hydrogens (tertiary/aromatic N) is 3. The number of aromatic nitrogens is 1. The molecule has 5 heteroatoms. The molecule has 1 amide bonds. The van der Waals surface area contributed by atoms with Crippen LogP contribution in [0.15, 0.2) is 54.9 Å². The second-order valence-electron chi connectivity index (χ2n) is 6.73. The van der Waals surface area contributed by atoms with Gasteiger partial charge in [-0.05, 0) is 17.2 Å². The van der Waals surface area contributed by atoms with Crippen LogP contribution < -0.4 is 0 Å². The summed E-state index contributed by atoms with van der Waals surface area (Å²) in [6.07, 6.45) is 3.92. The van der Waals surface area contributed by atoms with E-state index in [-0.39, 0.29) is 18.0 Å². The maximum Gasteiger partial charge on any atom is 0.227 e. The third-order valence-corrected chi connectivity index (χ3v) is 5.13. The minimum atomic E-state index is 0.175. The molecule has 2 saturated heterocycles. The van der Waals surface area contributed by atoms with E-state index >= 15 is 0 Å². The van der Waals surface area contributed by atoms with E-state index in [0.717, 1.165) is 31.8 Å². The lowest BCUT2D eigenvalue weighted by atomic mass is 10.00. The lowest BCUT2D eigenvalue weighted by Crippen LogP contribution is -2.60. The minimum absolute atomic E-state index is 0.175. The van der Waals surface area contributed by atoms with Gasteiger partial charge in [-0.25, -0.2) is 0 Å². The fourth-order valence-corrected chi connectivity index (χ4v) is 3.82. The van der Waals surface area contributed by atoms with Gasteiger partial charge >= 0.3 is 0 Å². The molecule has 1 aromatic heterocycles. The van der Waals surface area contributed by atoms with Crippen LogP contribution in [-0.2, 0) is 16.0 Å². The molecule has 2 atom stereocenters. The zero-order chi connectivity index (χ0) is 17.1. The molecule has 0 radical (unpaired) electrons. The highest BCUT2D eigenvalue weighted by atomic mass is 16.5. The second kappa shape index (κ2) is 7.33. The molecule has 5 nitrogen and oxygen atoms in total. The van der Waals surface area contributed by atoms with E-state index < -0.39 is 0 Å². The van der Waals surface area contributed by atoms with Crippen molar-refractivity contribution >= 4 is 5.91 Å². The van der Waals surface area contributed by atoms with Gasteiger partial charge in [-0.1, -0.05) is 36.4 Å². The number of benzene rings is 1. The van der Waals surface area contributed by atoms with Gasteiger partial charge in [0.2, 0.25) is 5.91 Å². The van der Waals surface area contributed by atoms with Crippen molar-refractivity contribution < 1.29 is 9.53 Å². The number of morpholine rings is 1. The predicted octanol–water partition coefficient (Wildman–Crippen LogP) is 1.91. The number of fused-ring (bicyclic) bond motifs is 1. The normalized spacial score (nSPS) is 23.9. The van der Waals surface area contributed by atoms with Crippen LogP contribution in [0.25, 0.3) is 0 Å². The molecule has 3 heterocycles. The Bertz CT molecular complexity index is 707. The van der Waals surface area contributed by atoms with Crippen LogP contribution in [0.4, 0.5) is 0 Å². The first kappa shape index (κ1) is 16.2. The number of carbonyl (C=O) groups is 1. The molecule has 0 N–H and O–H groups in total. The van der Waals surface area contributed by atoms with Gasteiger partial charge in [0.05, 0.1) is 31.7 Å². The zero-order valence-corrected chi connectivity index (χ0v) is 14.3. The summed E-state index contributed by atoms with van der Waals surface area (Å²) in [7, 11) is 0. The van der Waals surface area contributed by atoms with Gasteiger partial charge in [-0.3, -0.25) is 14.7 Å². The van der Waals surface area contributed by atoms with Gasteiger partial charge < -0.3 is 9.64 Å². The molecular formula is C20H23N3O2. The quantitative estimate of drug-likeness (QED) is 0.858. The molecule has 2 aromatic rings. The molecule has 2 aliphatic rings. The lowest BCUT2D eigenvalue weighted by molar-refractivity contribution is -0.139. The number of ether oxygens (including phenoxy) is 1. The predicted molar refractivity (Wildman–Crippen MR) is 95.0 cm³/mol. The average molecular weight is 337 g/mol. The van der Waals surface area contributed by atoms with Crippen molar-refractivity contribution in [3.8, 4) is 0 Å².